The van der Waals surface area contributed by atoms with Crippen molar-refractivity contribution < 1.29 is 4.79 Å². The fourth-order valence-corrected chi connectivity index (χ4v) is 1.96. The molecule has 0 aliphatic rings. The summed E-state index contributed by atoms with van der Waals surface area (Å²) in [4.78, 5) is 35.8. The molecule has 5 heteroatoms. The second-order valence-corrected chi connectivity index (χ2v) is 4.87. The Morgan fingerprint density at radius 2 is 1.85 bits per heavy atom. The highest BCUT2D eigenvalue weighted by Crippen LogP contribution is 2.05. The van der Waals surface area contributed by atoms with E-state index in [1.165, 1.54) is 0 Å². The van der Waals surface area contributed by atoms with Crippen molar-refractivity contribution in [2.24, 2.45) is 0 Å². The van der Waals surface area contributed by atoms with E-state index in [2.05, 4.69) is 5.10 Å². The SMILES string of the molecule is Cc1cccc(C(=O)Cn2[nH]c(=O)c(C)c(C)c2=O)c1. The second-order valence-electron chi connectivity index (χ2n) is 4.87. The number of benzene rings is 1. The molecule has 2 rings (SSSR count). The van der Waals surface area contributed by atoms with E-state index >= 15 is 0 Å². The molecule has 0 aliphatic carbocycles. The van der Waals surface area contributed by atoms with E-state index in [0.29, 0.717) is 16.7 Å². The number of aromatic nitrogens is 2. The summed E-state index contributed by atoms with van der Waals surface area (Å²) in [6.07, 6.45) is 0. The van der Waals surface area contributed by atoms with Gasteiger partial charge < -0.3 is 0 Å². The van der Waals surface area contributed by atoms with Gasteiger partial charge in [0.2, 0.25) is 0 Å². The van der Waals surface area contributed by atoms with Crippen molar-refractivity contribution >= 4 is 5.78 Å². The molecule has 0 aliphatic heterocycles. The molecule has 1 heterocycles. The summed E-state index contributed by atoms with van der Waals surface area (Å²) in [5.41, 5.74) is 1.55. The lowest BCUT2D eigenvalue weighted by atomic mass is 10.1. The Morgan fingerprint density at radius 1 is 1.15 bits per heavy atom. The van der Waals surface area contributed by atoms with Crippen molar-refractivity contribution in [2.45, 2.75) is 27.3 Å². The minimum atomic E-state index is -0.348. The molecule has 0 spiro atoms. The highest BCUT2D eigenvalue weighted by atomic mass is 16.2. The van der Waals surface area contributed by atoms with Crippen molar-refractivity contribution in [2.75, 3.05) is 0 Å². The van der Waals surface area contributed by atoms with Crippen molar-refractivity contribution in [3.63, 3.8) is 0 Å². The average Bonchev–Trinajstić information content (AvgIpc) is 2.42. The second kappa shape index (κ2) is 5.28. The first-order chi connectivity index (χ1) is 9.40. The first kappa shape index (κ1) is 14.0. The molecule has 0 atom stereocenters. The molecule has 2 aromatic rings. The van der Waals surface area contributed by atoms with Crippen LogP contribution in [-0.2, 0) is 6.54 Å². The molecule has 104 valence electrons. The lowest BCUT2D eigenvalue weighted by Crippen LogP contribution is -2.35. The fraction of sp³-hybridized carbons (Fsp3) is 0.267. The van der Waals surface area contributed by atoms with Crippen LogP contribution in [0.15, 0.2) is 33.9 Å². The summed E-state index contributed by atoms with van der Waals surface area (Å²) in [5.74, 6) is -0.213. The summed E-state index contributed by atoms with van der Waals surface area (Å²) in [7, 11) is 0. The van der Waals surface area contributed by atoms with Gasteiger partial charge in [0.25, 0.3) is 11.1 Å². The zero-order valence-corrected chi connectivity index (χ0v) is 11.7. The topological polar surface area (TPSA) is 71.9 Å². The van der Waals surface area contributed by atoms with E-state index in [-0.39, 0.29) is 23.4 Å². The van der Waals surface area contributed by atoms with Crippen LogP contribution >= 0.6 is 0 Å². The van der Waals surface area contributed by atoms with E-state index in [1.54, 1.807) is 32.0 Å². The maximum Gasteiger partial charge on any atom is 0.268 e. The Hall–Kier alpha value is -2.43. The first-order valence-electron chi connectivity index (χ1n) is 6.30. The zero-order valence-electron chi connectivity index (χ0n) is 11.7. The monoisotopic (exact) mass is 272 g/mol. The van der Waals surface area contributed by atoms with Crippen LogP contribution in [0.4, 0.5) is 0 Å². The van der Waals surface area contributed by atoms with Gasteiger partial charge >= 0.3 is 0 Å². The van der Waals surface area contributed by atoms with Gasteiger partial charge in [0.1, 0.15) is 6.54 Å². The summed E-state index contributed by atoms with van der Waals surface area (Å²) >= 11 is 0. The van der Waals surface area contributed by atoms with Gasteiger partial charge in [0.05, 0.1) is 0 Å². The van der Waals surface area contributed by atoms with Crippen LogP contribution in [-0.4, -0.2) is 15.6 Å². The fourth-order valence-electron chi connectivity index (χ4n) is 1.96. The highest BCUT2D eigenvalue weighted by Gasteiger charge is 2.12. The maximum absolute atomic E-state index is 12.1. The number of Topliss-reactive ketones (excluding diaryl/α,β-unsaturated/α-hetero) is 1. The number of hydrogen-bond donors (Lipinski definition) is 1. The van der Waals surface area contributed by atoms with Gasteiger partial charge in [-0.1, -0.05) is 23.8 Å². The Labute approximate surface area is 115 Å². The quantitative estimate of drug-likeness (QED) is 0.857. The normalized spacial score (nSPS) is 10.6. The third-order valence-corrected chi connectivity index (χ3v) is 3.35. The number of hydrogen-bond acceptors (Lipinski definition) is 3. The number of carbonyl (C=O) groups is 1. The van der Waals surface area contributed by atoms with E-state index < -0.39 is 0 Å². The number of nitrogens with zero attached hydrogens (tertiary/aromatic N) is 1. The van der Waals surface area contributed by atoms with Crippen molar-refractivity contribution in [3.8, 4) is 0 Å². The molecular weight excluding hydrogens is 256 g/mol. The van der Waals surface area contributed by atoms with E-state index in [9.17, 15) is 14.4 Å². The molecule has 1 N–H and O–H groups in total. The van der Waals surface area contributed by atoms with Crippen LogP contribution in [0.3, 0.4) is 0 Å². The predicted octanol–water partition coefficient (Wildman–Crippen LogP) is 1.34. The van der Waals surface area contributed by atoms with E-state index in [1.807, 2.05) is 13.0 Å². The number of rotatable bonds is 3. The van der Waals surface area contributed by atoms with Crippen LogP contribution in [0.25, 0.3) is 0 Å². The molecule has 0 fully saturated rings. The minimum Gasteiger partial charge on any atom is -0.292 e. The molecule has 0 amide bonds. The third-order valence-electron chi connectivity index (χ3n) is 3.35. The van der Waals surface area contributed by atoms with Gasteiger partial charge in [-0.05, 0) is 26.8 Å². The number of H-pyrrole nitrogens is 1. The van der Waals surface area contributed by atoms with Crippen LogP contribution in [0, 0.1) is 20.8 Å². The zero-order chi connectivity index (χ0) is 14.9. The first-order valence-corrected chi connectivity index (χ1v) is 6.30. The van der Waals surface area contributed by atoms with Crippen molar-refractivity contribution in [1.82, 2.24) is 9.78 Å². The number of nitrogens with one attached hydrogen (secondary N) is 1. The molecule has 0 saturated heterocycles. The molecule has 0 radical (unpaired) electrons. The number of carbonyl (C=O) groups excluding carboxylic acids is 1. The minimum absolute atomic E-state index is 0.168. The maximum atomic E-state index is 12.1. The summed E-state index contributed by atoms with van der Waals surface area (Å²) in [5, 5.41) is 2.43. The van der Waals surface area contributed by atoms with Gasteiger partial charge in [-0.25, -0.2) is 4.68 Å². The largest absolute Gasteiger partial charge is 0.292 e. The van der Waals surface area contributed by atoms with Crippen LogP contribution < -0.4 is 11.1 Å². The molecule has 5 nitrogen and oxygen atoms in total. The van der Waals surface area contributed by atoms with Crippen LogP contribution in [0.2, 0.25) is 0 Å². The van der Waals surface area contributed by atoms with E-state index in [0.717, 1.165) is 10.2 Å². The lowest BCUT2D eigenvalue weighted by molar-refractivity contribution is 0.0965. The predicted molar refractivity (Wildman–Crippen MR) is 76.3 cm³/mol. The van der Waals surface area contributed by atoms with Gasteiger partial charge in [0.15, 0.2) is 5.78 Å². The Balaban J connectivity index is 2.39. The van der Waals surface area contributed by atoms with Gasteiger partial charge in [0, 0.05) is 16.7 Å². The molecule has 20 heavy (non-hydrogen) atoms. The van der Waals surface area contributed by atoms with Crippen molar-refractivity contribution in [1.29, 1.82) is 0 Å². The van der Waals surface area contributed by atoms with Gasteiger partial charge in [-0.2, -0.15) is 0 Å². The molecule has 0 unspecified atom stereocenters. The average molecular weight is 272 g/mol. The molecule has 0 saturated carbocycles. The number of ketones is 1. The Morgan fingerprint density at radius 3 is 2.50 bits per heavy atom. The molecule has 1 aromatic heterocycles. The van der Waals surface area contributed by atoms with Crippen LogP contribution in [0.1, 0.15) is 27.0 Å². The van der Waals surface area contributed by atoms with Crippen LogP contribution in [0.5, 0.6) is 0 Å². The third kappa shape index (κ3) is 2.61. The Bertz CT molecular complexity index is 784. The summed E-state index contributed by atoms with van der Waals surface area (Å²) < 4.78 is 1.06. The lowest BCUT2D eigenvalue weighted by Gasteiger charge is -2.08. The standard InChI is InChI=1S/C15H16N2O3/c1-9-5-4-6-12(7-9)13(18)8-17-15(20)11(3)10(2)14(19)16-17/h4-7H,8H2,1-3H3,(H,16,19). The molecule has 1 aromatic carbocycles. The summed E-state index contributed by atoms with van der Waals surface area (Å²) in [6, 6.07) is 7.13. The summed E-state index contributed by atoms with van der Waals surface area (Å²) in [6.45, 7) is 4.89. The highest BCUT2D eigenvalue weighted by molar-refractivity contribution is 5.95. The van der Waals surface area contributed by atoms with Crippen molar-refractivity contribution in [3.05, 3.63) is 67.2 Å². The Kier molecular flexibility index (Phi) is 3.70. The van der Waals surface area contributed by atoms with Gasteiger partial charge in [-0.15, -0.1) is 0 Å². The number of aryl methyl sites for hydroxylation is 1. The number of aromatic amines is 1. The molecule has 0 bridgehead atoms. The van der Waals surface area contributed by atoms with E-state index in [4.69, 9.17) is 0 Å². The smallest absolute Gasteiger partial charge is 0.268 e. The molecular formula is C15H16N2O3. The van der Waals surface area contributed by atoms with Gasteiger partial charge in [-0.3, -0.25) is 19.5 Å².